The normalized spacial score (nSPS) is 11.4. The molecule has 31 heavy (non-hydrogen) atoms. The van der Waals surface area contributed by atoms with Crippen LogP contribution in [0.4, 0.5) is 17.1 Å². The van der Waals surface area contributed by atoms with E-state index in [1.54, 1.807) is 12.1 Å². The second-order valence-electron chi connectivity index (χ2n) is 6.14. The molecule has 0 atom stereocenters. The lowest BCUT2D eigenvalue weighted by atomic mass is 10.2. The average molecular weight is 463 g/mol. The molecule has 160 valence electrons. The van der Waals surface area contributed by atoms with Crippen LogP contribution in [0.15, 0.2) is 70.7 Å². The lowest BCUT2D eigenvalue weighted by Crippen LogP contribution is -2.15. The van der Waals surface area contributed by atoms with Crippen LogP contribution in [0.25, 0.3) is 0 Å². The summed E-state index contributed by atoms with van der Waals surface area (Å²) in [6.45, 7) is 0. The van der Waals surface area contributed by atoms with E-state index >= 15 is 0 Å². The van der Waals surface area contributed by atoms with Crippen molar-refractivity contribution in [2.24, 2.45) is 5.10 Å². The summed E-state index contributed by atoms with van der Waals surface area (Å²) in [6, 6.07) is 13.3. The Balaban J connectivity index is 1.95. The van der Waals surface area contributed by atoms with E-state index in [1.807, 2.05) is 0 Å². The molecule has 10 nitrogen and oxygen atoms in total. The fraction of sp³-hybridized carbons (Fsp3) is 0. The molecule has 0 aliphatic heterocycles. The first kappa shape index (κ1) is 21.9. The first-order valence-corrected chi connectivity index (χ1v) is 10.4. The topological polar surface area (TPSA) is 154 Å². The number of phenolic OH excluding ortho intramolecular Hbond substituents is 2. The summed E-state index contributed by atoms with van der Waals surface area (Å²) < 4.78 is 28.1. The molecule has 0 aliphatic rings. The van der Waals surface area contributed by atoms with Gasteiger partial charge in [-0.3, -0.25) is 20.3 Å². The molecule has 0 radical (unpaired) electrons. The minimum absolute atomic E-state index is 0.0376. The van der Waals surface area contributed by atoms with Gasteiger partial charge in [0.25, 0.3) is 15.7 Å². The molecule has 0 unspecified atom stereocenters. The van der Waals surface area contributed by atoms with Gasteiger partial charge in [0.15, 0.2) is 11.5 Å². The third kappa shape index (κ3) is 5.21. The summed E-state index contributed by atoms with van der Waals surface area (Å²) in [5, 5.41) is 34.0. The maximum Gasteiger partial charge on any atom is 0.270 e. The lowest BCUT2D eigenvalue weighted by molar-refractivity contribution is -0.385. The van der Waals surface area contributed by atoms with Crippen LogP contribution in [0.5, 0.6) is 11.5 Å². The number of aromatic hydroxyl groups is 2. The summed E-state index contributed by atoms with van der Waals surface area (Å²) in [5.41, 5.74) is 2.56. The highest BCUT2D eigenvalue weighted by atomic mass is 35.5. The molecule has 3 aromatic carbocycles. The zero-order chi connectivity index (χ0) is 22.6. The van der Waals surface area contributed by atoms with E-state index in [0.29, 0.717) is 5.56 Å². The van der Waals surface area contributed by atoms with Crippen molar-refractivity contribution in [3.8, 4) is 11.5 Å². The number of halogens is 1. The van der Waals surface area contributed by atoms with E-state index in [2.05, 4.69) is 15.2 Å². The first-order valence-electron chi connectivity index (χ1n) is 8.54. The summed E-state index contributed by atoms with van der Waals surface area (Å²) in [4.78, 5) is 9.99. The van der Waals surface area contributed by atoms with Gasteiger partial charge in [-0.05, 0) is 42.0 Å². The van der Waals surface area contributed by atoms with Crippen LogP contribution in [0.3, 0.4) is 0 Å². The van der Waals surface area contributed by atoms with Gasteiger partial charge in [0.2, 0.25) is 0 Å². The monoisotopic (exact) mass is 462 g/mol. The van der Waals surface area contributed by atoms with Crippen molar-refractivity contribution in [2.75, 3.05) is 10.1 Å². The van der Waals surface area contributed by atoms with Gasteiger partial charge in [-0.2, -0.15) is 5.10 Å². The van der Waals surface area contributed by atoms with Gasteiger partial charge in [0.1, 0.15) is 4.90 Å². The standard InChI is InChI=1S/C19H15ClN4O6S/c20-14-3-1-2-4-15(14)23-31(29,30)19-10-13(24(27)28)6-7-16(19)22-21-11-12-5-8-17(25)18(26)9-12/h1-11,22-23,25-26H/b21-11+. The first-order chi connectivity index (χ1) is 14.7. The molecule has 0 aliphatic carbocycles. The minimum Gasteiger partial charge on any atom is -0.504 e. The average Bonchev–Trinajstić information content (AvgIpc) is 2.72. The number of phenols is 2. The molecule has 0 heterocycles. The Morgan fingerprint density at radius 3 is 2.42 bits per heavy atom. The van der Waals surface area contributed by atoms with Crippen LogP contribution in [0, 0.1) is 10.1 Å². The predicted molar refractivity (Wildman–Crippen MR) is 116 cm³/mol. The third-order valence-corrected chi connectivity index (χ3v) is 5.72. The smallest absolute Gasteiger partial charge is 0.270 e. The molecular formula is C19H15ClN4O6S. The molecule has 0 aromatic heterocycles. The van der Waals surface area contributed by atoms with E-state index in [-0.39, 0.29) is 27.9 Å². The number of benzene rings is 3. The number of hydrogen-bond donors (Lipinski definition) is 4. The summed E-state index contributed by atoms with van der Waals surface area (Å²) in [6.07, 6.45) is 1.26. The molecule has 0 fully saturated rings. The number of hydrazone groups is 1. The van der Waals surface area contributed by atoms with Crippen molar-refractivity contribution < 1.29 is 23.6 Å². The minimum atomic E-state index is -4.28. The number of nitro groups is 1. The molecule has 3 rings (SSSR count). The number of hydrogen-bond acceptors (Lipinski definition) is 8. The van der Waals surface area contributed by atoms with Crippen molar-refractivity contribution in [3.63, 3.8) is 0 Å². The third-order valence-electron chi connectivity index (χ3n) is 3.98. The Morgan fingerprint density at radius 1 is 1.00 bits per heavy atom. The van der Waals surface area contributed by atoms with Crippen molar-refractivity contribution in [1.82, 2.24) is 0 Å². The van der Waals surface area contributed by atoms with Gasteiger partial charge in [-0.1, -0.05) is 23.7 Å². The Kier molecular flexibility index (Phi) is 6.28. The van der Waals surface area contributed by atoms with Crippen LogP contribution in [-0.4, -0.2) is 29.8 Å². The number of non-ortho nitro benzene ring substituents is 1. The van der Waals surface area contributed by atoms with Gasteiger partial charge in [-0.15, -0.1) is 0 Å². The number of anilines is 2. The highest BCUT2D eigenvalue weighted by Crippen LogP contribution is 2.30. The predicted octanol–water partition coefficient (Wildman–Crippen LogP) is 3.91. The summed E-state index contributed by atoms with van der Waals surface area (Å²) in [5.74, 6) is -0.661. The molecular weight excluding hydrogens is 448 g/mol. The van der Waals surface area contributed by atoms with Gasteiger partial charge in [-0.25, -0.2) is 8.42 Å². The number of para-hydroxylation sites is 1. The van der Waals surface area contributed by atoms with E-state index < -0.39 is 25.5 Å². The second-order valence-corrected chi connectivity index (χ2v) is 8.20. The van der Waals surface area contributed by atoms with Crippen molar-refractivity contribution in [2.45, 2.75) is 4.90 Å². The zero-order valence-electron chi connectivity index (χ0n) is 15.6. The molecule has 0 spiro atoms. The van der Waals surface area contributed by atoms with Gasteiger partial charge in [0.05, 0.1) is 27.5 Å². The molecule has 3 aromatic rings. The number of sulfonamides is 1. The number of rotatable bonds is 7. The van der Waals surface area contributed by atoms with Crippen LogP contribution in [-0.2, 0) is 10.0 Å². The van der Waals surface area contributed by atoms with Crippen LogP contribution < -0.4 is 10.1 Å². The van der Waals surface area contributed by atoms with Gasteiger partial charge in [0, 0.05) is 12.1 Å². The number of nitro benzene ring substituents is 1. The maximum atomic E-state index is 12.9. The van der Waals surface area contributed by atoms with Gasteiger partial charge < -0.3 is 10.2 Å². The number of nitrogens with zero attached hydrogens (tertiary/aromatic N) is 2. The zero-order valence-corrected chi connectivity index (χ0v) is 17.1. The molecule has 0 bridgehead atoms. The van der Waals surface area contributed by atoms with E-state index in [1.165, 1.54) is 42.6 Å². The Labute approximate surface area is 181 Å². The Bertz CT molecular complexity index is 1280. The summed E-state index contributed by atoms with van der Waals surface area (Å²) in [7, 11) is -4.28. The maximum absolute atomic E-state index is 12.9. The van der Waals surface area contributed by atoms with E-state index in [4.69, 9.17) is 11.6 Å². The highest BCUT2D eigenvalue weighted by molar-refractivity contribution is 7.93. The second kappa shape index (κ2) is 8.90. The molecule has 0 amide bonds. The number of nitrogens with one attached hydrogen (secondary N) is 2. The summed E-state index contributed by atoms with van der Waals surface area (Å²) >= 11 is 6.00. The SMILES string of the molecule is O=[N+]([O-])c1ccc(N/N=C/c2ccc(O)c(O)c2)c(S(=O)(=O)Nc2ccccc2Cl)c1. The van der Waals surface area contributed by atoms with Crippen molar-refractivity contribution in [1.29, 1.82) is 0 Å². The van der Waals surface area contributed by atoms with Crippen LogP contribution in [0.1, 0.15) is 5.56 Å². The Hall–Kier alpha value is -3.83. The molecule has 4 N–H and O–H groups in total. The van der Waals surface area contributed by atoms with Crippen molar-refractivity contribution >= 4 is 44.9 Å². The van der Waals surface area contributed by atoms with Gasteiger partial charge >= 0.3 is 0 Å². The quantitative estimate of drug-likeness (QED) is 0.179. The molecule has 12 heteroatoms. The van der Waals surface area contributed by atoms with Crippen molar-refractivity contribution in [3.05, 3.63) is 81.4 Å². The largest absolute Gasteiger partial charge is 0.504 e. The molecule has 0 saturated heterocycles. The van der Waals surface area contributed by atoms with E-state index in [9.17, 15) is 28.7 Å². The highest BCUT2D eigenvalue weighted by Gasteiger charge is 2.23. The van der Waals surface area contributed by atoms with Crippen LogP contribution in [0.2, 0.25) is 5.02 Å². The lowest BCUT2D eigenvalue weighted by Gasteiger charge is -2.12. The fourth-order valence-corrected chi connectivity index (χ4v) is 3.98. The molecule has 0 saturated carbocycles. The van der Waals surface area contributed by atoms with E-state index in [0.717, 1.165) is 12.1 Å². The fourth-order valence-electron chi connectivity index (χ4n) is 2.48. The van der Waals surface area contributed by atoms with Crippen LogP contribution >= 0.6 is 11.6 Å². The Morgan fingerprint density at radius 2 is 1.74 bits per heavy atom.